The van der Waals surface area contributed by atoms with Crippen LogP contribution < -0.4 is 0 Å². The lowest BCUT2D eigenvalue weighted by Crippen LogP contribution is -2.23. The van der Waals surface area contributed by atoms with Crippen LogP contribution in [0.1, 0.15) is 25.2 Å². The first-order chi connectivity index (χ1) is 7.47. The minimum Gasteiger partial charge on any atom is -0.395 e. The fourth-order valence-corrected chi connectivity index (χ4v) is 2.04. The smallest absolute Gasteiger partial charge is 0.0738 e. The van der Waals surface area contributed by atoms with E-state index in [9.17, 15) is 5.11 Å². The van der Waals surface area contributed by atoms with Crippen LogP contribution in [0.5, 0.6) is 0 Å². The van der Waals surface area contributed by atoms with Crippen molar-refractivity contribution in [2.75, 3.05) is 6.61 Å². The minimum atomic E-state index is -0.290. The van der Waals surface area contributed by atoms with Crippen molar-refractivity contribution >= 4 is 15.9 Å². The maximum absolute atomic E-state index is 9.39. The van der Waals surface area contributed by atoms with E-state index in [1.165, 1.54) is 0 Å². The van der Waals surface area contributed by atoms with Crippen LogP contribution in [0.25, 0.3) is 0 Å². The van der Waals surface area contributed by atoms with E-state index in [0.29, 0.717) is 0 Å². The molecule has 1 atom stereocenters. The summed E-state index contributed by atoms with van der Waals surface area (Å²) in [7, 11) is 0. The molecule has 0 saturated carbocycles. The summed E-state index contributed by atoms with van der Waals surface area (Å²) in [4.78, 5) is 0. The molecule has 90 valence electrons. The first-order valence-corrected chi connectivity index (χ1v) is 6.23. The number of aliphatic hydroxyl groups excluding tert-OH is 1. The Labute approximate surface area is 105 Å². The molecular weight excluding hydrogens is 268 g/mol. The van der Waals surface area contributed by atoms with Crippen molar-refractivity contribution in [2.45, 2.75) is 33.7 Å². The highest BCUT2D eigenvalue weighted by atomic mass is 79.9. The van der Waals surface area contributed by atoms with Crippen molar-refractivity contribution in [1.82, 2.24) is 9.78 Å². The van der Waals surface area contributed by atoms with Crippen molar-refractivity contribution in [3.05, 3.63) is 28.5 Å². The van der Waals surface area contributed by atoms with Crippen LogP contribution in [-0.4, -0.2) is 21.5 Å². The Morgan fingerprint density at radius 1 is 1.62 bits per heavy atom. The predicted octanol–water partition coefficient (Wildman–Crippen LogP) is 2.70. The van der Waals surface area contributed by atoms with Crippen LogP contribution in [0.2, 0.25) is 0 Å². The molecule has 0 bridgehead atoms. The van der Waals surface area contributed by atoms with Gasteiger partial charge >= 0.3 is 0 Å². The molecule has 1 aromatic rings. The molecule has 1 unspecified atom stereocenters. The standard InChI is InChI=1S/C12H19BrN2O/c1-5-12(4,8-16)7-10-11(13)9(3)14-15(10)6-2/h5,16H,1,6-8H2,2-4H3. The van der Waals surface area contributed by atoms with Gasteiger partial charge in [-0.3, -0.25) is 4.68 Å². The summed E-state index contributed by atoms with van der Waals surface area (Å²) >= 11 is 3.55. The van der Waals surface area contributed by atoms with Crippen molar-refractivity contribution in [1.29, 1.82) is 0 Å². The molecule has 1 N–H and O–H groups in total. The van der Waals surface area contributed by atoms with Gasteiger partial charge in [-0.2, -0.15) is 5.10 Å². The van der Waals surface area contributed by atoms with E-state index in [4.69, 9.17) is 0 Å². The van der Waals surface area contributed by atoms with Crippen molar-refractivity contribution in [3.8, 4) is 0 Å². The summed E-state index contributed by atoms with van der Waals surface area (Å²) in [6.07, 6.45) is 2.55. The number of aliphatic hydroxyl groups is 1. The molecule has 0 amide bonds. The fraction of sp³-hybridized carbons (Fsp3) is 0.583. The van der Waals surface area contributed by atoms with Crippen LogP contribution in [0.4, 0.5) is 0 Å². The van der Waals surface area contributed by atoms with Crippen molar-refractivity contribution in [3.63, 3.8) is 0 Å². The number of hydrogen-bond acceptors (Lipinski definition) is 2. The first-order valence-electron chi connectivity index (χ1n) is 5.43. The molecule has 1 heterocycles. The van der Waals surface area contributed by atoms with Gasteiger partial charge in [0.2, 0.25) is 0 Å². The summed E-state index contributed by atoms with van der Waals surface area (Å²) in [6, 6.07) is 0. The monoisotopic (exact) mass is 286 g/mol. The van der Waals surface area contributed by atoms with Gasteiger partial charge in [0.1, 0.15) is 0 Å². The summed E-state index contributed by atoms with van der Waals surface area (Å²) in [5, 5.41) is 13.8. The van der Waals surface area contributed by atoms with E-state index in [1.54, 1.807) is 0 Å². The lowest BCUT2D eigenvalue weighted by atomic mass is 9.86. The number of rotatable bonds is 5. The molecule has 1 aromatic heterocycles. The van der Waals surface area contributed by atoms with Crippen molar-refractivity contribution in [2.24, 2.45) is 5.41 Å². The van der Waals surface area contributed by atoms with E-state index in [2.05, 4.69) is 34.5 Å². The second kappa shape index (κ2) is 5.15. The van der Waals surface area contributed by atoms with E-state index in [0.717, 1.165) is 28.8 Å². The lowest BCUT2D eigenvalue weighted by Gasteiger charge is -2.23. The van der Waals surface area contributed by atoms with E-state index in [1.807, 2.05) is 24.6 Å². The fourth-order valence-electron chi connectivity index (χ4n) is 1.61. The summed E-state index contributed by atoms with van der Waals surface area (Å²) in [5.41, 5.74) is 1.82. The minimum absolute atomic E-state index is 0.0941. The quantitative estimate of drug-likeness (QED) is 0.846. The Balaban J connectivity index is 3.08. The molecule has 4 heteroatoms. The van der Waals surface area contributed by atoms with E-state index >= 15 is 0 Å². The zero-order chi connectivity index (χ0) is 12.3. The summed E-state index contributed by atoms with van der Waals surface area (Å²) < 4.78 is 3.01. The SMILES string of the molecule is C=CC(C)(CO)Cc1c(Br)c(C)nn1CC. The molecular formula is C12H19BrN2O. The molecule has 0 aliphatic heterocycles. The van der Waals surface area contributed by atoms with Gasteiger partial charge in [0.05, 0.1) is 22.5 Å². The van der Waals surface area contributed by atoms with Gasteiger partial charge in [0.25, 0.3) is 0 Å². The first kappa shape index (κ1) is 13.5. The molecule has 0 radical (unpaired) electrons. The lowest BCUT2D eigenvalue weighted by molar-refractivity contribution is 0.182. The molecule has 0 aromatic carbocycles. The van der Waals surface area contributed by atoms with Crippen LogP contribution in [0.3, 0.4) is 0 Å². The maximum atomic E-state index is 9.39. The third-order valence-electron chi connectivity index (χ3n) is 2.88. The second-order valence-corrected chi connectivity index (χ2v) is 5.15. The molecule has 0 fully saturated rings. The maximum Gasteiger partial charge on any atom is 0.0738 e. The highest BCUT2D eigenvalue weighted by Gasteiger charge is 2.24. The van der Waals surface area contributed by atoms with Gasteiger partial charge < -0.3 is 5.11 Å². The van der Waals surface area contributed by atoms with Crippen molar-refractivity contribution < 1.29 is 5.11 Å². The molecule has 1 rings (SSSR count). The zero-order valence-corrected chi connectivity index (χ0v) is 11.7. The van der Waals surface area contributed by atoms with Gasteiger partial charge in [0, 0.05) is 18.4 Å². The zero-order valence-electron chi connectivity index (χ0n) is 10.1. The van der Waals surface area contributed by atoms with Gasteiger partial charge in [-0.15, -0.1) is 6.58 Å². The van der Waals surface area contributed by atoms with Crippen LogP contribution in [0, 0.1) is 12.3 Å². The summed E-state index contributed by atoms with van der Waals surface area (Å²) in [5.74, 6) is 0. The molecule has 3 nitrogen and oxygen atoms in total. The normalized spacial score (nSPS) is 14.8. The topological polar surface area (TPSA) is 38.1 Å². The third kappa shape index (κ3) is 2.55. The highest BCUT2D eigenvalue weighted by molar-refractivity contribution is 9.10. The average Bonchev–Trinajstić information content (AvgIpc) is 2.56. The van der Waals surface area contributed by atoms with Crippen LogP contribution in [-0.2, 0) is 13.0 Å². The van der Waals surface area contributed by atoms with Crippen LogP contribution in [0.15, 0.2) is 17.1 Å². The number of aryl methyl sites for hydroxylation is 2. The van der Waals surface area contributed by atoms with Crippen LogP contribution >= 0.6 is 15.9 Å². The number of hydrogen-bond donors (Lipinski definition) is 1. The Kier molecular flexibility index (Phi) is 4.33. The predicted molar refractivity (Wildman–Crippen MR) is 69.4 cm³/mol. The Morgan fingerprint density at radius 3 is 2.69 bits per heavy atom. The van der Waals surface area contributed by atoms with E-state index < -0.39 is 0 Å². The molecule has 0 aliphatic rings. The molecule has 0 saturated heterocycles. The largest absolute Gasteiger partial charge is 0.395 e. The molecule has 0 aliphatic carbocycles. The van der Waals surface area contributed by atoms with Gasteiger partial charge in [-0.05, 0) is 29.8 Å². The summed E-state index contributed by atoms with van der Waals surface area (Å²) in [6.45, 7) is 10.7. The average molecular weight is 287 g/mol. The third-order valence-corrected chi connectivity index (χ3v) is 3.91. The number of aromatic nitrogens is 2. The van der Waals surface area contributed by atoms with Gasteiger partial charge in [-0.1, -0.05) is 13.0 Å². The van der Waals surface area contributed by atoms with Gasteiger partial charge in [-0.25, -0.2) is 0 Å². The van der Waals surface area contributed by atoms with E-state index in [-0.39, 0.29) is 12.0 Å². The highest BCUT2D eigenvalue weighted by Crippen LogP contribution is 2.29. The number of halogens is 1. The van der Waals surface area contributed by atoms with Gasteiger partial charge in [0.15, 0.2) is 0 Å². The Bertz CT molecular complexity index is 387. The Morgan fingerprint density at radius 2 is 2.25 bits per heavy atom. The molecule has 0 spiro atoms. The second-order valence-electron chi connectivity index (χ2n) is 4.35. The number of nitrogens with zero attached hydrogens (tertiary/aromatic N) is 2. The molecule has 16 heavy (non-hydrogen) atoms. The Hall–Kier alpha value is -0.610.